The highest BCUT2D eigenvalue weighted by molar-refractivity contribution is 7.92. The molecule has 21 heavy (non-hydrogen) atoms. The van der Waals surface area contributed by atoms with Gasteiger partial charge in [-0.25, -0.2) is 17.2 Å². The van der Waals surface area contributed by atoms with Crippen LogP contribution in [0.5, 0.6) is 0 Å². The molecule has 0 radical (unpaired) electrons. The fraction of sp³-hybridized carbons (Fsp3) is 0.231. The van der Waals surface area contributed by atoms with Gasteiger partial charge in [0.1, 0.15) is 16.4 Å². The third-order valence-electron chi connectivity index (χ3n) is 2.76. The molecule has 0 atom stereocenters. The molecule has 0 amide bonds. The Kier molecular flexibility index (Phi) is 4.29. The lowest BCUT2D eigenvalue weighted by Crippen LogP contribution is -2.14. The first-order valence-electron chi connectivity index (χ1n) is 6.06. The van der Waals surface area contributed by atoms with E-state index in [9.17, 15) is 17.2 Å². The fourth-order valence-electron chi connectivity index (χ4n) is 1.83. The minimum Gasteiger partial charge on any atom is -0.464 e. The summed E-state index contributed by atoms with van der Waals surface area (Å²) in [5, 5.41) is 2.82. The van der Waals surface area contributed by atoms with Gasteiger partial charge in [0.2, 0.25) is 0 Å². The zero-order valence-electron chi connectivity index (χ0n) is 11.4. The Bertz CT molecular complexity index is 757. The highest BCUT2D eigenvalue weighted by Gasteiger charge is 2.23. The minimum atomic E-state index is -4.06. The second kappa shape index (κ2) is 5.82. The number of furan rings is 1. The van der Waals surface area contributed by atoms with Crippen LogP contribution in [-0.2, 0) is 16.6 Å². The Morgan fingerprint density at radius 1 is 1.29 bits per heavy atom. The molecule has 0 fully saturated rings. The highest BCUT2D eigenvalue weighted by atomic mass is 32.2. The molecular weight excluding hydrogens is 302 g/mol. The predicted octanol–water partition coefficient (Wildman–Crippen LogP) is 2.39. The topological polar surface area (TPSA) is 71.3 Å². The average Bonchev–Trinajstić information content (AvgIpc) is 2.77. The second-order valence-corrected chi connectivity index (χ2v) is 6.02. The summed E-state index contributed by atoms with van der Waals surface area (Å²) in [4.78, 5) is -0.114. The molecule has 2 rings (SSSR count). The van der Waals surface area contributed by atoms with Gasteiger partial charge in [0, 0.05) is 6.07 Å². The molecule has 2 N–H and O–H groups in total. The third-order valence-corrected chi connectivity index (χ3v) is 4.23. The molecule has 5 nitrogen and oxygen atoms in total. The third kappa shape index (κ3) is 3.22. The molecule has 8 heteroatoms. The van der Waals surface area contributed by atoms with Crippen molar-refractivity contribution in [1.82, 2.24) is 5.32 Å². The van der Waals surface area contributed by atoms with Crippen molar-refractivity contribution < 1.29 is 21.6 Å². The van der Waals surface area contributed by atoms with Gasteiger partial charge in [-0.2, -0.15) is 0 Å². The van der Waals surface area contributed by atoms with Crippen molar-refractivity contribution in [3.63, 3.8) is 0 Å². The summed E-state index contributed by atoms with van der Waals surface area (Å²) < 4.78 is 58.4. The molecule has 0 saturated carbocycles. The van der Waals surface area contributed by atoms with Gasteiger partial charge in [-0.1, -0.05) is 6.07 Å². The first-order valence-corrected chi connectivity index (χ1v) is 7.54. The first-order chi connectivity index (χ1) is 9.85. The summed E-state index contributed by atoms with van der Waals surface area (Å²) >= 11 is 0. The number of anilines is 1. The van der Waals surface area contributed by atoms with Gasteiger partial charge in [-0.15, -0.1) is 0 Å². The van der Waals surface area contributed by atoms with Gasteiger partial charge in [0.15, 0.2) is 11.6 Å². The van der Waals surface area contributed by atoms with E-state index in [-0.39, 0.29) is 10.7 Å². The van der Waals surface area contributed by atoms with Crippen molar-refractivity contribution in [1.29, 1.82) is 0 Å². The number of aryl methyl sites for hydroxylation is 1. The number of hydrogen-bond acceptors (Lipinski definition) is 4. The van der Waals surface area contributed by atoms with Crippen molar-refractivity contribution in [3.05, 3.63) is 47.4 Å². The van der Waals surface area contributed by atoms with Crippen LogP contribution in [0.4, 0.5) is 14.5 Å². The molecule has 1 heterocycles. The fourth-order valence-corrected chi connectivity index (χ4v) is 3.10. The van der Waals surface area contributed by atoms with Crippen LogP contribution < -0.4 is 10.0 Å². The van der Waals surface area contributed by atoms with Gasteiger partial charge in [0.05, 0.1) is 12.2 Å². The van der Waals surface area contributed by atoms with Crippen LogP contribution in [0.1, 0.15) is 11.5 Å². The minimum absolute atomic E-state index is 0.114. The van der Waals surface area contributed by atoms with Gasteiger partial charge >= 0.3 is 0 Å². The number of benzene rings is 1. The van der Waals surface area contributed by atoms with E-state index in [2.05, 4.69) is 5.32 Å². The lowest BCUT2D eigenvalue weighted by Gasteiger charge is -2.08. The van der Waals surface area contributed by atoms with Gasteiger partial charge in [0.25, 0.3) is 10.0 Å². The highest BCUT2D eigenvalue weighted by Crippen LogP contribution is 2.25. The maximum atomic E-state index is 13.5. The van der Waals surface area contributed by atoms with Crippen LogP contribution >= 0.6 is 0 Å². The Balaban J connectivity index is 2.36. The van der Waals surface area contributed by atoms with Crippen molar-refractivity contribution in [2.75, 3.05) is 11.8 Å². The van der Waals surface area contributed by atoms with E-state index in [1.54, 1.807) is 7.05 Å². The van der Waals surface area contributed by atoms with Crippen LogP contribution in [0, 0.1) is 18.6 Å². The van der Waals surface area contributed by atoms with E-state index in [1.807, 2.05) is 4.72 Å². The molecule has 0 spiro atoms. The van der Waals surface area contributed by atoms with Crippen LogP contribution in [0.3, 0.4) is 0 Å². The van der Waals surface area contributed by atoms with Crippen LogP contribution in [0.15, 0.2) is 33.6 Å². The second-order valence-electron chi connectivity index (χ2n) is 4.37. The van der Waals surface area contributed by atoms with Crippen molar-refractivity contribution >= 4 is 15.7 Å². The maximum Gasteiger partial charge on any atom is 0.265 e. The van der Waals surface area contributed by atoms with Crippen LogP contribution in [-0.4, -0.2) is 15.5 Å². The van der Waals surface area contributed by atoms with Crippen LogP contribution in [0.2, 0.25) is 0 Å². The van der Waals surface area contributed by atoms with E-state index >= 15 is 0 Å². The van der Waals surface area contributed by atoms with Crippen molar-refractivity contribution in [2.24, 2.45) is 0 Å². The van der Waals surface area contributed by atoms with Crippen LogP contribution in [0.25, 0.3) is 0 Å². The summed E-state index contributed by atoms with van der Waals surface area (Å²) in [6, 6.07) is 4.59. The number of rotatable bonds is 5. The Morgan fingerprint density at radius 2 is 2.00 bits per heavy atom. The molecule has 0 aliphatic rings. The Labute approximate surface area is 121 Å². The van der Waals surface area contributed by atoms with Gasteiger partial charge in [-0.05, 0) is 26.1 Å². The van der Waals surface area contributed by atoms with E-state index in [0.29, 0.717) is 12.3 Å². The van der Waals surface area contributed by atoms with Crippen molar-refractivity contribution in [2.45, 2.75) is 18.4 Å². The molecule has 2 aromatic rings. The van der Waals surface area contributed by atoms with E-state index in [0.717, 1.165) is 12.1 Å². The quantitative estimate of drug-likeness (QED) is 0.888. The number of hydrogen-bond donors (Lipinski definition) is 2. The molecule has 0 bridgehead atoms. The standard InChI is InChI=1S/C13H14F2N2O3S/c1-8-12(6-9(20-8)7-16-2)21(18,19)17-11-5-3-4-10(14)13(11)15/h3-6,16-17H,7H2,1-2H3. The zero-order chi connectivity index (χ0) is 15.6. The molecule has 0 unspecified atom stereocenters. The largest absolute Gasteiger partial charge is 0.464 e. The summed E-state index contributed by atoms with van der Waals surface area (Å²) in [5.41, 5.74) is -0.453. The molecule has 0 aliphatic heterocycles. The maximum absolute atomic E-state index is 13.5. The van der Waals surface area contributed by atoms with E-state index < -0.39 is 27.3 Å². The first kappa shape index (κ1) is 15.5. The summed E-state index contributed by atoms with van der Waals surface area (Å²) in [7, 11) is -2.37. The monoisotopic (exact) mass is 316 g/mol. The summed E-state index contributed by atoms with van der Waals surface area (Å²) in [6.07, 6.45) is 0. The normalized spacial score (nSPS) is 11.6. The molecular formula is C13H14F2N2O3S. The Morgan fingerprint density at radius 3 is 2.67 bits per heavy atom. The SMILES string of the molecule is CNCc1cc(S(=O)(=O)Nc2cccc(F)c2F)c(C)o1. The lowest BCUT2D eigenvalue weighted by molar-refractivity contribution is 0.466. The lowest BCUT2D eigenvalue weighted by atomic mass is 10.3. The molecule has 0 aliphatic carbocycles. The molecule has 0 saturated heterocycles. The van der Waals surface area contributed by atoms with Gasteiger partial charge in [-0.3, -0.25) is 4.72 Å². The molecule has 1 aromatic carbocycles. The van der Waals surface area contributed by atoms with Crippen molar-refractivity contribution in [3.8, 4) is 0 Å². The number of halogens is 2. The number of nitrogens with one attached hydrogen (secondary N) is 2. The smallest absolute Gasteiger partial charge is 0.265 e. The molecule has 114 valence electrons. The van der Waals surface area contributed by atoms with E-state index in [1.165, 1.54) is 19.1 Å². The van der Waals surface area contributed by atoms with E-state index in [4.69, 9.17) is 4.42 Å². The summed E-state index contributed by atoms with van der Waals surface area (Å²) in [6.45, 7) is 1.83. The average molecular weight is 316 g/mol. The van der Waals surface area contributed by atoms with Gasteiger partial charge < -0.3 is 9.73 Å². The predicted molar refractivity (Wildman–Crippen MR) is 73.4 cm³/mol. The zero-order valence-corrected chi connectivity index (χ0v) is 12.2. The molecule has 1 aromatic heterocycles. The number of sulfonamides is 1. The summed E-state index contributed by atoms with van der Waals surface area (Å²) in [5.74, 6) is -1.78. The Hall–Kier alpha value is -1.93.